The van der Waals surface area contributed by atoms with Crippen LogP contribution in [0.4, 0.5) is 5.13 Å². The van der Waals surface area contributed by atoms with Gasteiger partial charge in [-0.1, -0.05) is 27.3 Å². The molecule has 1 aliphatic rings. The number of nitrogens with one attached hydrogen (secondary N) is 1. The Morgan fingerprint density at radius 3 is 2.52 bits per heavy atom. The number of carbonyl (C=O) groups excluding carboxylic acids is 1. The predicted octanol–water partition coefficient (Wildman–Crippen LogP) is 4.10. The number of aromatic nitrogens is 1. The first-order valence-corrected chi connectivity index (χ1v) is 11.5. The Hall–Kier alpha value is -1.81. The third-order valence-corrected chi connectivity index (χ3v) is 7.75. The molecule has 6 nitrogen and oxygen atoms in total. The molecule has 1 aliphatic heterocycles. The molecular weight excluding hydrogens is 450 g/mol. The van der Waals surface area contributed by atoms with Crippen molar-refractivity contribution in [2.24, 2.45) is 0 Å². The van der Waals surface area contributed by atoms with E-state index in [0.29, 0.717) is 29.3 Å². The highest BCUT2D eigenvalue weighted by Gasteiger charge is 2.27. The van der Waals surface area contributed by atoms with Crippen LogP contribution in [0.5, 0.6) is 0 Å². The van der Waals surface area contributed by atoms with Gasteiger partial charge in [0, 0.05) is 23.1 Å². The summed E-state index contributed by atoms with van der Waals surface area (Å²) in [7, 11) is -3.47. The van der Waals surface area contributed by atoms with Crippen molar-refractivity contribution < 1.29 is 13.2 Å². The van der Waals surface area contributed by atoms with Gasteiger partial charge in [-0.3, -0.25) is 10.1 Å². The highest BCUT2D eigenvalue weighted by atomic mass is 79.9. The molecule has 140 valence electrons. The summed E-state index contributed by atoms with van der Waals surface area (Å²) in [4.78, 5) is 17.0. The van der Waals surface area contributed by atoms with Gasteiger partial charge in [0.1, 0.15) is 0 Å². The second-order valence-electron chi connectivity index (χ2n) is 6.22. The summed E-state index contributed by atoms with van der Waals surface area (Å²) in [5.74, 6) is -0.258. The fourth-order valence-corrected chi connectivity index (χ4v) is 5.75. The van der Waals surface area contributed by atoms with Crippen LogP contribution in [0.3, 0.4) is 0 Å². The van der Waals surface area contributed by atoms with Crippen LogP contribution in [0.25, 0.3) is 10.2 Å². The number of sulfonamides is 1. The number of hydrogen-bond acceptors (Lipinski definition) is 5. The van der Waals surface area contributed by atoms with Gasteiger partial charge in [-0.05, 0) is 55.3 Å². The maximum absolute atomic E-state index is 12.7. The first-order valence-electron chi connectivity index (χ1n) is 8.41. The highest BCUT2D eigenvalue weighted by Crippen LogP contribution is 2.30. The van der Waals surface area contributed by atoms with Crippen molar-refractivity contribution in [3.63, 3.8) is 0 Å². The largest absolute Gasteiger partial charge is 0.298 e. The van der Waals surface area contributed by atoms with Gasteiger partial charge >= 0.3 is 0 Å². The quantitative estimate of drug-likeness (QED) is 0.628. The molecule has 2 aromatic carbocycles. The number of amides is 1. The normalized spacial score (nSPS) is 15.3. The molecule has 1 amide bonds. The molecular formula is C18H16BrN3O3S2. The fourth-order valence-electron chi connectivity index (χ4n) is 2.97. The summed E-state index contributed by atoms with van der Waals surface area (Å²) in [6, 6.07) is 11.9. The Labute approximate surface area is 169 Å². The summed E-state index contributed by atoms with van der Waals surface area (Å²) in [6.45, 7) is 1.13. The molecule has 4 rings (SSSR count). The number of fused-ring (bicyclic) bond motifs is 1. The molecule has 1 aromatic heterocycles. The summed E-state index contributed by atoms with van der Waals surface area (Å²) in [5, 5.41) is 3.21. The summed E-state index contributed by atoms with van der Waals surface area (Å²) >= 11 is 4.60. The molecule has 3 aromatic rings. The molecule has 1 N–H and O–H groups in total. The molecule has 9 heteroatoms. The molecule has 2 heterocycles. The van der Waals surface area contributed by atoms with E-state index in [4.69, 9.17) is 0 Å². The number of thiazole rings is 1. The Balaban J connectivity index is 1.59. The molecule has 0 spiro atoms. The number of anilines is 1. The van der Waals surface area contributed by atoms with E-state index in [-0.39, 0.29) is 10.8 Å². The van der Waals surface area contributed by atoms with Gasteiger partial charge in [0.2, 0.25) is 10.0 Å². The van der Waals surface area contributed by atoms with Crippen molar-refractivity contribution >= 4 is 58.5 Å². The lowest BCUT2D eigenvalue weighted by Crippen LogP contribution is -2.27. The molecule has 0 bridgehead atoms. The van der Waals surface area contributed by atoms with E-state index in [1.54, 1.807) is 42.5 Å². The van der Waals surface area contributed by atoms with Gasteiger partial charge in [-0.2, -0.15) is 4.31 Å². The second-order valence-corrected chi connectivity index (χ2v) is 10.1. The fraction of sp³-hybridized carbons (Fsp3) is 0.222. The zero-order valence-electron chi connectivity index (χ0n) is 14.2. The van der Waals surface area contributed by atoms with Gasteiger partial charge < -0.3 is 0 Å². The van der Waals surface area contributed by atoms with Crippen LogP contribution in [0.15, 0.2) is 51.8 Å². The smallest absolute Gasteiger partial charge is 0.257 e. The first-order chi connectivity index (χ1) is 12.9. The van der Waals surface area contributed by atoms with Crippen molar-refractivity contribution in [3.8, 4) is 0 Å². The minimum absolute atomic E-state index is 0.258. The van der Waals surface area contributed by atoms with E-state index in [0.717, 1.165) is 22.0 Å². The standard InChI is InChI=1S/C18H16BrN3O3S2/c19-13-5-3-12(4-6-13)17(23)21-18-20-15-8-7-14(11-16(15)26-18)27(24,25)22-9-1-2-10-22/h3-8,11H,1-2,9-10H2,(H,20,21,23). The van der Waals surface area contributed by atoms with Gasteiger partial charge in [0.25, 0.3) is 5.91 Å². The summed E-state index contributed by atoms with van der Waals surface area (Å²) in [5.41, 5.74) is 1.18. The monoisotopic (exact) mass is 465 g/mol. The van der Waals surface area contributed by atoms with Gasteiger partial charge in [-0.15, -0.1) is 0 Å². The third kappa shape index (κ3) is 3.77. The lowest BCUT2D eigenvalue weighted by molar-refractivity contribution is 0.102. The topological polar surface area (TPSA) is 79.4 Å². The van der Waals surface area contributed by atoms with E-state index >= 15 is 0 Å². The molecule has 1 fully saturated rings. The molecule has 27 heavy (non-hydrogen) atoms. The maximum Gasteiger partial charge on any atom is 0.257 e. The van der Waals surface area contributed by atoms with Crippen molar-refractivity contribution in [3.05, 3.63) is 52.5 Å². The summed E-state index contributed by atoms with van der Waals surface area (Å²) < 4.78 is 28.6. The Morgan fingerprint density at radius 1 is 1.11 bits per heavy atom. The SMILES string of the molecule is O=C(Nc1nc2ccc(S(=O)(=O)N3CCCC3)cc2s1)c1ccc(Br)cc1. The molecule has 0 radical (unpaired) electrons. The van der Waals surface area contributed by atoms with E-state index < -0.39 is 10.0 Å². The van der Waals surface area contributed by atoms with Crippen LogP contribution >= 0.6 is 27.3 Å². The Kier molecular flexibility index (Phi) is 5.02. The van der Waals surface area contributed by atoms with E-state index in [9.17, 15) is 13.2 Å². The second kappa shape index (κ2) is 7.31. The van der Waals surface area contributed by atoms with E-state index in [1.807, 2.05) is 0 Å². The van der Waals surface area contributed by atoms with Crippen molar-refractivity contribution in [1.29, 1.82) is 0 Å². The molecule has 0 aliphatic carbocycles. The highest BCUT2D eigenvalue weighted by molar-refractivity contribution is 9.10. The van der Waals surface area contributed by atoms with E-state index in [1.165, 1.54) is 15.6 Å². The molecule has 0 saturated carbocycles. The minimum atomic E-state index is -3.47. The maximum atomic E-state index is 12.7. The van der Waals surface area contributed by atoms with Gasteiger partial charge in [0.15, 0.2) is 5.13 Å². The lowest BCUT2D eigenvalue weighted by atomic mass is 10.2. The van der Waals surface area contributed by atoms with Crippen LogP contribution < -0.4 is 5.32 Å². The lowest BCUT2D eigenvalue weighted by Gasteiger charge is -2.15. The van der Waals surface area contributed by atoms with Crippen LogP contribution in [-0.2, 0) is 10.0 Å². The average Bonchev–Trinajstić information content (AvgIpc) is 3.31. The number of halogens is 1. The third-order valence-electron chi connectivity index (χ3n) is 4.39. The van der Waals surface area contributed by atoms with Crippen molar-refractivity contribution in [1.82, 2.24) is 9.29 Å². The van der Waals surface area contributed by atoms with Crippen LogP contribution in [0.2, 0.25) is 0 Å². The van der Waals surface area contributed by atoms with Crippen LogP contribution in [0.1, 0.15) is 23.2 Å². The zero-order valence-corrected chi connectivity index (χ0v) is 17.4. The number of benzene rings is 2. The molecule has 0 unspecified atom stereocenters. The number of rotatable bonds is 4. The minimum Gasteiger partial charge on any atom is -0.298 e. The Morgan fingerprint density at radius 2 is 1.81 bits per heavy atom. The van der Waals surface area contributed by atoms with Gasteiger partial charge in [-0.25, -0.2) is 13.4 Å². The first kappa shape index (κ1) is 18.5. The van der Waals surface area contributed by atoms with Gasteiger partial charge in [0.05, 0.1) is 15.1 Å². The van der Waals surface area contributed by atoms with Crippen molar-refractivity contribution in [2.45, 2.75) is 17.7 Å². The molecule has 0 atom stereocenters. The average molecular weight is 466 g/mol. The zero-order chi connectivity index (χ0) is 19.0. The predicted molar refractivity (Wildman–Crippen MR) is 110 cm³/mol. The molecule has 1 saturated heterocycles. The number of nitrogens with zero attached hydrogens (tertiary/aromatic N) is 2. The summed E-state index contributed by atoms with van der Waals surface area (Å²) in [6.07, 6.45) is 1.79. The van der Waals surface area contributed by atoms with E-state index in [2.05, 4.69) is 26.2 Å². The number of carbonyl (C=O) groups is 1. The van der Waals surface area contributed by atoms with Crippen LogP contribution in [0, 0.1) is 0 Å². The van der Waals surface area contributed by atoms with Crippen LogP contribution in [-0.4, -0.2) is 36.7 Å². The number of hydrogen-bond donors (Lipinski definition) is 1. The Bertz CT molecular complexity index is 1100. The van der Waals surface area contributed by atoms with Crippen molar-refractivity contribution in [2.75, 3.05) is 18.4 Å².